The van der Waals surface area contributed by atoms with E-state index in [0.717, 1.165) is 30.6 Å². The molecule has 0 aromatic heterocycles. The van der Waals surface area contributed by atoms with Crippen LogP contribution in [-0.4, -0.2) is 11.9 Å². The summed E-state index contributed by atoms with van der Waals surface area (Å²) >= 11 is 0. The SMILES string of the molecule is CC(NC(=O)C1CCC1)C1CC2CCC1C2. The highest BCUT2D eigenvalue weighted by Gasteiger charge is 2.42. The molecule has 4 atom stereocenters. The van der Waals surface area contributed by atoms with Crippen LogP contribution in [0.3, 0.4) is 0 Å². The molecule has 2 nitrogen and oxygen atoms in total. The molecule has 3 aliphatic carbocycles. The van der Waals surface area contributed by atoms with Crippen molar-refractivity contribution in [1.82, 2.24) is 5.32 Å². The van der Waals surface area contributed by atoms with Gasteiger partial charge in [-0.2, -0.15) is 0 Å². The van der Waals surface area contributed by atoms with Gasteiger partial charge in [0, 0.05) is 12.0 Å². The molecule has 3 aliphatic rings. The first-order chi connectivity index (χ1) is 7.74. The largest absolute Gasteiger partial charge is 0.353 e. The van der Waals surface area contributed by atoms with Crippen LogP contribution < -0.4 is 5.32 Å². The summed E-state index contributed by atoms with van der Waals surface area (Å²) in [5.41, 5.74) is 0. The average Bonchev–Trinajstić information content (AvgIpc) is 2.74. The van der Waals surface area contributed by atoms with Gasteiger partial charge < -0.3 is 5.32 Å². The van der Waals surface area contributed by atoms with Crippen LogP contribution in [0, 0.1) is 23.7 Å². The van der Waals surface area contributed by atoms with E-state index in [4.69, 9.17) is 0 Å². The fraction of sp³-hybridized carbons (Fsp3) is 0.929. The fourth-order valence-corrected chi connectivity index (χ4v) is 4.03. The standard InChI is InChI=1S/C14H23NO/c1-9(15-14(16)11-3-2-4-11)13-8-10-5-6-12(13)7-10/h9-13H,2-8H2,1H3,(H,15,16). The van der Waals surface area contributed by atoms with Crippen molar-refractivity contribution in [2.75, 3.05) is 0 Å². The van der Waals surface area contributed by atoms with E-state index in [-0.39, 0.29) is 0 Å². The number of hydrogen-bond acceptors (Lipinski definition) is 1. The molecular formula is C14H23NO. The predicted molar refractivity (Wildman–Crippen MR) is 63.9 cm³/mol. The van der Waals surface area contributed by atoms with Crippen LogP contribution in [0.2, 0.25) is 0 Å². The third-order valence-corrected chi connectivity index (χ3v) is 5.28. The van der Waals surface area contributed by atoms with Gasteiger partial charge >= 0.3 is 0 Å². The van der Waals surface area contributed by atoms with E-state index in [1.165, 1.54) is 32.1 Å². The summed E-state index contributed by atoms with van der Waals surface area (Å²) in [6.45, 7) is 2.22. The van der Waals surface area contributed by atoms with Gasteiger partial charge in [-0.05, 0) is 56.8 Å². The Labute approximate surface area is 98.2 Å². The Morgan fingerprint density at radius 1 is 1.19 bits per heavy atom. The summed E-state index contributed by atoms with van der Waals surface area (Å²) in [5, 5.41) is 3.27. The molecule has 16 heavy (non-hydrogen) atoms. The first kappa shape index (κ1) is 10.6. The molecule has 0 heterocycles. The van der Waals surface area contributed by atoms with Crippen molar-refractivity contribution in [1.29, 1.82) is 0 Å². The van der Waals surface area contributed by atoms with E-state index in [2.05, 4.69) is 12.2 Å². The summed E-state index contributed by atoms with van der Waals surface area (Å²) in [4.78, 5) is 11.9. The molecule has 1 N–H and O–H groups in total. The first-order valence-electron chi connectivity index (χ1n) is 7.04. The van der Waals surface area contributed by atoms with Crippen molar-refractivity contribution in [3.63, 3.8) is 0 Å². The molecular weight excluding hydrogens is 198 g/mol. The Balaban J connectivity index is 1.53. The van der Waals surface area contributed by atoms with Crippen molar-refractivity contribution in [2.45, 2.75) is 57.9 Å². The number of fused-ring (bicyclic) bond motifs is 2. The molecule has 1 amide bonds. The van der Waals surface area contributed by atoms with Crippen LogP contribution in [0.15, 0.2) is 0 Å². The van der Waals surface area contributed by atoms with Gasteiger partial charge in [0.2, 0.25) is 5.91 Å². The third kappa shape index (κ3) is 1.76. The minimum Gasteiger partial charge on any atom is -0.353 e. The lowest BCUT2D eigenvalue weighted by atomic mass is 9.82. The minimum absolute atomic E-state index is 0.335. The fourth-order valence-electron chi connectivity index (χ4n) is 4.03. The second-order valence-electron chi connectivity index (χ2n) is 6.26. The monoisotopic (exact) mass is 221 g/mol. The molecule has 4 unspecified atom stereocenters. The smallest absolute Gasteiger partial charge is 0.223 e. The predicted octanol–water partition coefficient (Wildman–Crippen LogP) is 2.73. The normalized spacial score (nSPS) is 39.4. The summed E-state index contributed by atoms with van der Waals surface area (Å²) < 4.78 is 0. The molecule has 0 aliphatic heterocycles. The van der Waals surface area contributed by atoms with Gasteiger partial charge in [-0.3, -0.25) is 4.79 Å². The lowest BCUT2D eigenvalue weighted by molar-refractivity contribution is -0.128. The molecule has 0 spiro atoms. The van der Waals surface area contributed by atoms with E-state index in [9.17, 15) is 4.79 Å². The van der Waals surface area contributed by atoms with Crippen LogP contribution >= 0.6 is 0 Å². The zero-order chi connectivity index (χ0) is 11.1. The molecule has 0 saturated heterocycles. The first-order valence-corrected chi connectivity index (χ1v) is 7.04. The summed E-state index contributed by atoms with van der Waals surface area (Å²) in [7, 11) is 0. The highest BCUT2D eigenvalue weighted by Crippen LogP contribution is 2.49. The highest BCUT2D eigenvalue weighted by molar-refractivity contribution is 5.79. The lowest BCUT2D eigenvalue weighted by Gasteiger charge is -2.31. The van der Waals surface area contributed by atoms with Gasteiger partial charge in [-0.15, -0.1) is 0 Å². The molecule has 3 saturated carbocycles. The van der Waals surface area contributed by atoms with Crippen LogP contribution in [0.5, 0.6) is 0 Å². The molecule has 0 aromatic rings. The van der Waals surface area contributed by atoms with Gasteiger partial charge in [-0.25, -0.2) is 0 Å². The van der Waals surface area contributed by atoms with E-state index in [1.807, 2.05) is 0 Å². The average molecular weight is 221 g/mol. The zero-order valence-corrected chi connectivity index (χ0v) is 10.2. The number of rotatable bonds is 3. The third-order valence-electron chi connectivity index (χ3n) is 5.28. The van der Waals surface area contributed by atoms with Crippen molar-refractivity contribution in [2.24, 2.45) is 23.7 Å². The Bertz CT molecular complexity index is 284. The van der Waals surface area contributed by atoms with Crippen molar-refractivity contribution >= 4 is 5.91 Å². The number of amides is 1. The molecule has 2 bridgehead atoms. The van der Waals surface area contributed by atoms with Crippen molar-refractivity contribution < 1.29 is 4.79 Å². The van der Waals surface area contributed by atoms with Crippen LogP contribution in [0.1, 0.15) is 51.9 Å². The number of carbonyl (C=O) groups is 1. The maximum absolute atomic E-state index is 11.9. The Morgan fingerprint density at radius 3 is 2.50 bits per heavy atom. The van der Waals surface area contributed by atoms with Crippen LogP contribution in [0.4, 0.5) is 0 Å². The van der Waals surface area contributed by atoms with Crippen LogP contribution in [0.25, 0.3) is 0 Å². The Kier molecular flexibility index (Phi) is 2.68. The molecule has 2 heteroatoms. The van der Waals surface area contributed by atoms with Crippen LogP contribution in [-0.2, 0) is 4.79 Å². The van der Waals surface area contributed by atoms with E-state index in [0.29, 0.717) is 17.9 Å². The summed E-state index contributed by atoms with van der Waals surface area (Å²) in [5.74, 6) is 3.37. The Hall–Kier alpha value is -0.530. The maximum atomic E-state index is 11.9. The number of hydrogen-bond donors (Lipinski definition) is 1. The molecule has 3 rings (SSSR count). The lowest BCUT2D eigenvalue weighted by Crippen LogP contribution is -2.44. The van der Waals surface area contributed by atoms with E-state index in [1.54, 1.807) is 0 Å². The zero-order valence-electron chi connectivity index (χ0n) is 10.2. The van der Waals surface area contributed by atoms with Crippen molar-refractivity contribution in [3.8, 4) is 0 Å². The topological polar surface area (TPSA) is 29.1 Å². The summed E-state index contributed by atoms with van der Waals surface area (Å²) in [6.07, 6.45) is 9.17. The van der Waals surface area contributed by atoms with Crippen molar-refractivity contribution in [3.05, 3.63) is 0 Å². The van der Waals surface area contributed by atoms with Gasteiger partial charge in [0.05, 0.1) is 0 Å². The number of nitrogens with one attached hydrogen (secondary N) is 1. The van der Waals surface area contributed by atoms with E-state index >= 15 is 0 Å². The quantitative estimate of drug-likeness (QED) is 0.780. The molecule has 3 fully saturated rings. The molecule has 0 radical (unpaired) electrons. The molecule has 0 aromatic carbocycles. The maximum Gasteiger partial charge on any atom is 0.223 e. The number of carbonyl (C=O) groups excluding carboxylic acids is 1. The second-order valence-corrected chi connectivity index (χ2v) is 6.26. The second kappa shape index (κ2) is 4.05. The highest BCUT2D eigenvalue weighted by atomic mass is 16.2. The van der Waals surface area contributed by atoms with Gasteiger partial charge in [-0.1, -0.05) is 12.8 Å². The minimum atomic E-state index is 0.335. The van der Waals surface area contributed by atoms with Gasteiger partial charge in [0.15, 0.2) is 0 Å². The summed E-state index contributed by atoms with van der Waals surface area (Å²) in [6, 6.07) is 0.420. The van der Waals surface area contributed by atoms with Gasteiger partial charge in [0.1, 0.15) is 0 Å². The Morgan fingerprint density at radius 2 is 2.00 bits per heavy atom. The van der Waals surface area contributed by atoms with E-state index < -0.39 is 0 Å². The van der Waals surface area contributed by atoms with Gasteiger partial charge in [0.25, 0.3) is 0 Å². The molecule has 90 valence electrons.